The molecule has 1 aliphatic rings. The molecule has 0 radical (unpaired) electrons. The van der Waals surface area contributed by atoms with Crippen LogP contribution in [-0.4, -0.2) is 43.7 Å². The number of ether oxygens (including phenoxy) is 2. The number of benzene rings is 1. The zero-order valence-corrected chi connectivity index (χ0v) is 10.8. The lowest BCUT2D eigenvalue weighted by Crippen LogP contribution is -2.45. The van der Waals surface area contributed by atoms with Gasteiger partial charge in [-0.25, -0.2) is 0 Å². The second-order valence-corrected chi connectivity index (χ2v) is 4.47. The first kappa shape index (κ1) is 12.7. The van der Waals surface area contributed by atoms with E-state index in [0.29, 0.717) is 11.9 Å². The molecule has 17 heavy (non-hydrogen) atoms. The number of methoxy groups -OCH3 is 1. The summed E-state index contributed by atoms with van der Waals surface area (Å²) in [7, 11) is 1.71. The van der Waals surface area contributed by atoms with Crippen LogP contribution in [0.1, 0.15) is 5.56 Å². The van der Waals surface area contributed by atoms with Crippen molar-refractivity contribution in [2.75, 3.05) is 32.7 Å². The fourth-order valence-electron chi connectivity index (χ4n) is 2.09. The van der Waals surface area contributed by atoms with Crippen LogP contribution in [0.25, 0.3) is 0 Å². The summed E-state index contributed by atoms with van der Waals surface area (Å²) in [5.74, 6) is 1.54. The van der Waals surface area contributed by atoms with E-state index in [1.54, 1.807) is 7.11 Å². The Bertz CT molecular complexity index is 359. The van der Waals surface area contributed by atoms with Crippen LogP contribution < -0.4 is 4.74 Å². The molecule has 4 heteroatoms. The average molecular weight is 256 g/mol. The molecule has 1 atom stereocenters. The van der Waals surface area contributed by atoms with Crippen molar-refractivity contribution in [1.82, 2.24) is 4.90 Å². The lowest BCUT2D eigenvalue weighted by molar-refractivity contribution is -0.00331. The summed E-state index contributed by atoms with van der Waals surface area (Å²) in [4.78, 5) is 2.36. The van der Waals surface area contributed by atoms with Crippen molar-refractivity contribution >= 4 is 11.6 Å². The monoisotopic (exact) mass is 255 g/mol. The minimum absolute atomic E-state index is 0.301. The molecule has 0 bridgehead atoms. The van der Waals surface area contributed by atoms with Crippen LogP contribution in [0.15, 0.2) is 24.3 Å². The molecule has 1 heterocycles. The van der Waals surface area contributed by atoms with Crippen molar-refractivity contribution in [3.05, 3.63) is 29.8 Å². The standard InChI is InChI=1S/C13H18ClNO2/c1-16-13-5-3-2-4-11(13)9-15-6-7-17-10-12(15)8-14/h2-5,12H,6-10H2,1H3. The molecular formula is C13H18ClNO2. The first-order valence-electron chi connectivity index (χ1n) is 5.85. The molecule has 0 saturated carbocycles. The Morgan fingerprint density at radius 1 is 1.47 bits per heavy atom. The van der Waals surface area contributed by atoms with Gasteiger partial charge in [0.05, 0.1) is 20.3 Å². The molecule has 0 amide bonds. The number of nitrogens with zero attached hydrogens (tertiary/aromatic N) is 1. The average Bonchev–Trinajstić information content (AvgIpc) is 2.40. The Morgan fingerprint density at radius 2 is 2.29 bits per heavy atom. The Labute approximate surface area is 107 Å². The summed E-state index contributed by atoms with van der Waals surface area (Å²) < 4.78 is 10.8. The van der Waals surface area contributed by atoms with E-state index >= 15 is 0 Å². The van der Waals surface area contributed by atoms with Crippen LogP contribution in [0.3, 0.4) is 0 Å². The minimum Gasteiger partial charge on any atom is -0.496 e. The highest BCUT2D eigenvalue weighted by atomic mass is 35.5. The maximum Gasteiger partial charge on any atom is 0.123 e. The molecular weight excluding hydrogens is 238 g/mol. The van der Waals surface area contributed by atoms with E-state index < -0.39 is 0 Å². The van der Waals surface area contributed by atoms with Crippen molar-refractivity contribution in [3.8, 4) is 5.75 Å². The van der Waals surface area contributed by atoms with Gasteiger partial charge < -0.3 is 9.47 Å². The Morgan fingerprint density at radius 3 is 3.06 bits per heavy atom. The summed E-state index contributed by atoms with van der Waals surface area (Å²) in [5, 5.41) is 0. The molecule has 1 fully saturated rings. The van der Waals surface area contributed by atoms with E-state index in [0.717, 1.165) is 32.1 Å². The van der Waals surface area contributed by atoms with E-state index in [2.05, 4.69) is 11.0 Å². The van der Waals surface area contributed by atoms with Crippen LogP contribution in [0.2, 0.25) is 0 Å². The molecule has 0 N–H and O–H groups in total. The number of alkyl halides is 1. The first-order valence-corrected chi connectivity index (χ1v) is 6.38. The van der Waals surface area contributed by atoms with Crippen molar-refractivity contribution in [2.45, 2.75) is 12.6 Å². The van der Waals surface area contributed by atoms with Crippen LogP contribution >= 0.6 is 11.6 Å². The summed E-state index contributed by atoms with van der Waals surface area (Å²) in [5.41, 5.74) is 1.20. The van der Waals surface area contributed by atoms with Crippen LogP contribution in [0.4, 0.5) is 0 Å². The first-order chi connectivity index (χ1) is 8.35. The summed E-state index contributed by atoms with van der Waals surface area (Å²) in [6.45, 7) is 3.29. The van der Waals surface area contributed by atoms with Crippen LogP contribution in [0.5, 0.6) is 5.75 Å². The highest BCUT2D eigenvalue weighted by molar-refractivity contribution is 6.18. The largest absolute Gasteiger partial charge is 0.496 e. The normalized spacial score (nSPS) is 21.4. The van der Waals surface area contributed by atoms with E-state index in [-0.39, 0.29) is 0 Å². The molecule has 2 rings (SSSR count). The number of hydrogen-bond acceptors (Lipinski definition) is 3. The molecule has 3 nitrogen and oxygen atoms in total. The van der Waals surface area contributed by atoms with Crippen molar-refractivity contribution in [3.63, 3.8) is 0 Å². The van der Waals surface area contributed by atoms with E-state index in [9.17, 15) is 0 Å². The highest BCUT2D eigenvalue weighted by Crippen LogP contribution is 2.21. The Balaban J connectivity index is 2.08. The SMILES string of the molecule is COc1ccccc1CN1CCOCC1CCl. The molecule has 1 saturated heterocycles. The highest BCUT2D eigenvalue weighted by Gasteiger charge is 2.22. The van der Waals surface area contributed by atoms with Gasteiger partial charge in [0.1, 0.15) is 5.75 Å². The van der Waals surface area contributed by atoms with Gasteiger partial charge in [0, 0.05) is 30.6 Å². The second kappa shape index (κ2) is 6.24. The summed E-state index contributed by atoms with van der Waals surface area (Å²) in [6.07, 6.45) is 0. The van der Waals surface area contributed by atoms with Gasteiger partial charge in [-0.05, 0) is 6.07 Å². The maximum absolute atomic E-state index is 5.96. The van der Waals surface area contributed by atoms with Gasteiger partial charge in [0.25, 0.3) is 0 Å². The van der Waals surface area contributed by atoms with Gasteiger partial charge in [0.15, 0.2) is 0 Å². The second-order valence-electron chi connectivity index (χ2n) is 4.17. The fraction of sp³-hybridized carbons (Fsp3) is 0.538. The lowest BCUT2D eigenvalue weighted by atomic mass is 10.1. The molecule has 1 aromatic rings. The predicted octanol–water partition coefficient (Wildman–Crippen LogP) is 2.13. The van der Waals surface area contributed by atoms with Crippen molar-refractivity contribution in [2.24, 2.45) is 0 Å². The molecule has 0 aliphatic carbocycles. The van der Waals surface area contributed by atoms with E-state index in [1.165, 1.54) is 5.56 Å². The summed E-state index contributed by atoms with van der Waals surface area (Å²) in [6, 6.07) is 8.41. The van der Waals surface area contributed by atoms with E-state index in [1.807, 2.05) is 18.2 Å². The quantitative estimate of drug-likeness (QED) is 0.770. The number of morpholine rings is 1. The molecule has 1 aromatic carbocycles. The summed E-state index contributed by atoms with van der Waals surface area (Å²) >= 11 is 5.96. The number of hydrogen-bond donors (Lipinski definition) is 0. The number of para-hydroxylation sites is 1. The van der Waals surface area contributed by atoms with Crippen LogP contribution in [-0.2, 0) is 11.3 Å². The van der Waals surface area contributed by atoms with E-state index in [4.69, 9.17) is 21.1 Å². The smallest absolute Gasteiger partial charge is 0.123 e. The van der Waals surface area contributed by atoms with Crippen molar-refractivity contribution < 1.29 is 9.47 Å². The third kappa shape index (κ3) is 3.12. The van der Waals surface area contributed by atoms with Gasteiger partial charge in [-0.1, -0.05) is 18.2 Å². The van der Waals surface area contributed by atoms with Crippen LogP contribution in [0, 0.1) is 0 Å². The molecule has 0 aromatic heterocycles. The van der Waals surface area contributed by atoms with Gasteiger partial charge in [-0.3, -0.25) is 4.90 Å². The minimum atomic E-state index is 0.301. The number of halogens is 1. The predicted molar refractivity (Wildman–Crippen MR) is 68.7 cm³/mol. The third-order valence-corrected chi connectivity index (χ3v) is 3.45. The number of rotatable bonds is 4. The van der Waals surface area contributed by atoms with Gasteiger partial charge >= 0.3 is 0 Å². The zero-order chi connectivity index (χ0) is 12.1. The Kier molecular flexibility index (Phi) is 4.66. The van der Waals surface area contributed by atoms with Gasteiger partial charge in [-0.2, -0.15) is 0 Å². The molecule has 1 unspecified atom stereocenters. The Hall–Kier alpha value is -0.770. The van der Waals surface area contributed by atoms with Gasteiger partial charge in [0.2, 0.25) is 0 Å². The maximum atomic E-state index is 5.96. The van der Waals surface area contributed by atoms with Gasteiger partial charge in [-0.15, -0.1) is 11.6 Å². The molecule has 1 aliphatic heterocycles. The molecule has 0 spiro atoms. The molecule has 94 valence electrons. The fourth-order valence-corrected chi connectivity index (χ4v) is 2.38. The zero-order valence-electron chi connectivity index (χ0n) is 10.1. The van der Waals surface area contributed by atoms with Crippen molar-refractivity contribution in [1.29, 1.82) is 0 Å². The lowest BCUT2D eigenvalue weighted by Gasteiger charge is -2.34. The topological polar surface area (TPSA) is 21.7 Å². The third-order valence-electron chi connectivity index (χ3n) is 3.09.